The van der Waals surface area contributed by atoms with Gasteiger partial charge in [-0.15, -0.1) is 0 Å². The van der Waals surface area contributed by atoms with E-state index >= 15 is 0 Å². The van der Waals surface area contributed by atoms with Gasteiger partial charge in [0.1, 0.15) is 10.6 Å². The fourth-order valence-electron chi connectivity index (χ4n) is 2.23. The van der Waals surface area contributed by atoms with Crippen molar-refractivity contribution in [3.8, 4) is 5.75 Å². The molecule has 0 saturated carbocycles. The van der Waals surface area contributed by atoms with Gasteiger partial charge in [-0.2, -0.15) is 4.31 Å². The second-order valence-corrected chi connectivity index (χ2v) is 6.72. The molecule has 8 nitrogen and oxygen atoms in total. The van der Waals surface area contributed by atoms with Crippen LogP contribution >= 0.6 is 0 Å². The lowest BCUT2D eigenvalue weighted by molar-refractivity contribution is -0.385. The van der Waals surface area contributed by atoms with Gasteiger partial charge in [-0.3, -0.25) is 10.1 Å². The van der Waals surface area contributed by atoms with Crippen LogP contribution < -0.4 is 10.1 Å². The van der Waals surface area contributed by atoms with Gasteiger partial charge in [0.05, 0.1) is 12.0 Å². The van der Waals surface area contributed by atoms with E-state index in [2.05, 4.69) is 5.32 Å². The van der Waals surface area contributed by atoms with Crippen LogP contribution in [0.25, 0.3) is 0 Å². The molecule has 1 fully saturated rings. The van der Waals surface area contributed by atoms with Crippen LogP contribution in [0.2, 0.25) is 0 Å². The first kappa shape index (κ1) is 15.7. The Labute approximate surface area is 122 Å². The van der Waals surface area contributed by atoms with E-state index in [9.17, 15) is 18.5 Å². The molecule has 21 heavy (non-hydrogen) atoms. The fourth-order valence-corrected chi connectivity index (χ4v) is 3.94. The van der Waals surface area contributed by atoms with Gasteiger partial charge in [0.2, 0.25) is 10.0 Å². The van der Waals surface area contributed by atoms with Gasteiger partial charge < -0.3 is 10.1 Å². The zero-order valence-corrected chi connectivity index (χ0v) is 12.6. The summed E-state index contributed by atoms with van der Waals surface area (Å²) in [5, 5.41) is 14.0. The molecular weight excluding hydrogens is 298 g/mol. The fraction of sp³-hybridized carbons (Fsp3) is 0.500. The number of nitro groups is 1. The quantitative estimate of drug-likeness (QED) is 0.644. The highest BCUT2D eigenvalue weighted by Crippen LogP contribution is 2.30. The average Bonchev–Trinajstić information content (AvgIpc) is 2.46. The molecule has 1 saturated heterocycles. The third kappa shape index (κ3) is 3.14. The Morgan fingerprint density at radius 1 is 1.48 bits per heavy atom. The number of nitrogens with one attached hydrogen (secondary N) is 1. The van der Waals surface area contributed by atoms with Crippen LogP contribution in [0.3, 0.4) is 0 Å². The van der Waals surface area contributed by atoms with Gasteiger partial charge in [0, 0.05) is 37.8 Å². The van der Waals surface area contributed by atoms with Crippen molar-refractivity contribution < 1.29 is 18.1 Å². The van der Waals surface area contributed by atoms with Crippen molar-refractivity contribution in [3.63, 3.8) is 0 Å². The molecule has 0 aromatic heterocycles. The topological polar surface area (TPSA) is 102 Å². The molecule has 0 bridgehead atoms. The minimum absolute atomic E-state index is 0.0261. The van der Waals surface area contributed by atoms with Crippen LogP contribution in [-0.4, -0.2) is 50.4 Å². The predicted octanol–water partition coefficient (Wildman–Crippen LogP) is 0.586. The highest BCUT2D eigenvalue weighted by atomic mass is 32.2. The van der Waals surface area contributed by atoms with Crippen LogP contribution in [0.4, 0.5) is 5.69 Å². The van der Waals surface area contributed by atoms with Gasteiger partial charge in [0.25, 0.3) is 5.69 Å². The summed E-state index contributed by atoms with van der Waals surface area (Å²) in [6.07, 6.45) is 0. The molecule has 2 rings (SSSR count). The van der Waals surface area contributed by atoms with Crippen LogP contribution in [0, 0.1) is 10.1 Å². The van der Waals surface area contributed by atoms with Crippen molar-refractivity contribution in [2.45, 2.75) is 17.9 Å². The number of rotatable bonds is 4. The molecule has 1 aromatic carbocycles. The Hall–Kier alpha value is -1.71. The summed E-state index contributed by atoms with van der Waals surface area (Å²) in [5.41, 5.74) is -0.280. The van der Waals surface area contributed by atoms with E-state index in [4.69, 9.17) is 4.74 Å². The number of sulfonamides is 1. The summed E-state index contributed by atoms with van der Waals surface area (Å²) in [5.74, 6) is 0.104. The molecule has 1 heterocycles. The molecule has 0 spiro atoms. The number of piperazine rings is 1. The number of non-ortho nitro benzene ring substituents is 1. The predicted molar refractivity (Wildman–Crippen MR) is 75.9 cm³/mol. The Morgan fingerprint density at radius 2 is 2.19 bits per heavy atom. The Morgan fingerprint density at radius 3 is 2.76 bits per heavy atom. The molecular formula is C12H17N3O5S. The lowest BCUT2D eigenvalue weighted by Gasteiger charge is -2.31. The normalized spacial score (nSPS) is 20.2. The van der Waals surface area contributed by atoms with Crippen LogP contribution in [-0.2, 0) is 10.0 Å². The summed E-state index contributed by atoms with van der Waals surface area (Å²) in [6.45, 7) is 3.05. The number of hydrogen-bond donors (Lipinski definition) is 1. The van der Waals surface area contributed by atoms with Gasteiger partial charge >= 0.3 is 0 Å². The maximum Gasteiger partial charge on any atom is 0.271 e. The number of hydrogen-bond acceptors (Lipinski definition) is 6. The summed E-state index contributed by atoms with van der Waals surface area (Å²) in [7, 11) is -2.50. The van der Waals surface area contributed by atoms with E-state index in [-0.39, 0.29) is 22.4 Å². The van der Waals surface area contributed by atoms with E-state index in [0.717, 1.165) is 6.07 Å². The van der Waals surface area contributed by atoms with Crippen molar-refractivity contribution in [1.29, 1.82) is 0 Å². The van der Waals surface area contributed by atoms with E-state index < -0.39 is 14.9 Å². The summed E-state index contributed by atoms with van der Waals surface area (Å²) >= 11 is 0. The molecule has 1 atom stereocenters. The maximum absolute atomic E-state index is 12.7. The molecule has 0 aliphatic carbocycles. The third-order valence-corrected chi connectivity index (χ3v) is 5.19. The second kappa shape index (κ2) is 5.96. The zero-order valence-electron chi connectivity index (χ0n) is 11.8. The number of ether oxygens (including phenoxy) is 1. The molecule has 0 amide bonds. The van der Waals surface area contributed by atoms with Crippen molar-refractivity contribution in [1.82, 2.24) is 9.62 Å². The number of nitrogens with zero attached hydrogens (tertiary/aromatic N) is 2. The highest BCUT2D eigenvalue weighted by Gasteiger charge is 2.32. The molecule has 9 heteroatoms. The standard InChI is InChI=1S/C12H17N3O5S/c1-9-8-14(6-5-13-9)21(18,19)12-7-10(15(16)17)3-4-11(12)20-2/h3-4,7,9,13H,5-6,8H2,1-2H3. The summed E-state index contributed by atoms with van der Waals surface area (Å²) < 4.78 is 31.7. The highest BCUT2D eigenvalue weighted by molar-refractivity contribution is 7.89. The number of benzene rings is 1. The first-order valence-corrected chi connectivity index (χ1v) is 7.86. The van der Waals surface area contributed by atoms with Crippen LogP contribution in [0.15, 0.2) is 23.1 Å². The van der Waals surface area contributed by atoms with Crippen molar-refractivity contribution >= 4 is 15.7 Å². The molecule has 1 N–H and O–H groups in total. The summed E-state index contributed by atoms with van der Waals surface area (Å²) in [4.78, 5) is 10.1. The molecule has 1 unspecified atom stereocenters. The molecule has 1 aliphatic heterocycles. The van der Waals surface area contributed by atoms with Crippen molar-refractivity contribution in [3.05, 3.63) is 28.3 Å². The monoisotopic (exact) mass is 315 g/mol. The Bertz CT molecular complexity index is 646. The van der Waals surface area contributed by atoms with Crippen LogP contribution in [0.1, 0.15) is 6.92 Å². The zero-order chi connectivity index (χ0) is 15.6. The van der Waals surface area contributed by atoms with E-state index in [1.54, 1.807) is 0 Å². The molecule has 116 valence electrons. The van der Waals surface area contributed by atoms with Crippen molar-refractivity contribution in [2.75, 3.05) is 26.7 Å². The molecule has 1 aliphatic rings. The average molecular weight is 315 g/mol. The Kier molecular flexibility index (Phi) is 4.45. The molecule has 0 radical (unpaired) electrons. The van der Waals surface area contributed by atoms with Gasteiger partial charge in [-0.05, 0) is 13.0 Å². The first-order valence-electron chi connectivity index (χ1n) is 6.42. The summed E-state index contributed by atoms with van der Waals surface area (Å²) in [6, 6.07) is 3.59. The van der Waals surface area contributed by atoms with E-state index in [0.29, 0.717) is 19.6 Å². The SMILES string of the molecule is COc1ccc([N+](=O)[O-])cc1S(=O)(=O)N1CCNC(C)C1. The van der Waals surface area contributed by atoms with E-state index in [1.807, 2.05) is 6.92 Å². The molecule has 1 aromatic rings. The van der Waals surface area contributed by atoms with Gasteiger partial charge in [-0.25, -0.2) is 8.42 Å². The lowest BCUT2D eigenvalue weighted by atomic mass is 10.3. The first-order chi connectivity index (χ1) is 9.86. The van der Waals surface area contributed by atoms with Gasteiger partial charge in [0.15, 0.2) is 0 Å². The smallest absolute Gasteiger partial charge is 0.271 e. The minimum Gasteiger partial charge on any atom is -0.495 e. The number of methoxy groups -OCH3 is 1. The van der Waals surface area contributed by atoms with Crippen molar-refractivity contribution in [2.24, 2.45) is 0 Å². The number of nitro benzene ring substituents is 1. The second-order valence-electron chi connectivity index (χ2n) is 4.81. The largest absolute Gasteiger partial charge is 0.495 e. The lowest BCUT2D eigenvalue weighted by Crippen LogP contribution is -2.51. The maximum atomic E-state index is 12.7. The third-order valence-electron chi connectivity index (χ3n) is 3.31. The van der Waals surface area contributed by atoms with Gasteiger partial charge in [-0.1, -0.05) is 0 Å². The minimum atomic E-state index is -3.83. The van der Waals surface area contributed by atoms with E-state index in [1.165, 1.54) is 23.5 Å². The Balaban J connectivity index is 2.47. The van der Waals surface area contributed by atoms with Crippen LogP contribution in [0.5, 0.6) is 5.75 Å².